The van der Waals surface area contributed by atoms with Gasteiger partial charge >= 0.3 is 6.03 Å². The van der Waals surface area contributed by atoms with Gasteiger partial charge < -0.3 is 19.8 Å². The summed E-state index contributed by atoms with van der Waals surface area (Å²) in [6.45, 7) is 8.12. The maximum atomic E-state index is 12.7. The summed E-state index contributed by atoms with van der Waals surface area (Å²) in [5.74, 6) is 0.292. The number of aromatic hydroxyl groups is 1. The van der Waals surface area contributed by atoms with Crippen LogP contribution >= 0.6 is 0 Å². The lowest BCUT2D eigenvalue weighted by Gasteiger charge is -2.37. The second kappa shape index (κ2) is 8.26. The molecule has 0 aromatic heterocycles. The fourth-order valence-corrected chi connectivity index (χ4v) is 4.10. The van der Waals surface area contributed by atoms with Gasteiger partial charge in [-0.15, -0.1) is 0 Å². The van der Waals surface area contributed by atoms with Crippen molar-refractivity contribution in [3.8, 4) is 5.75 Å². The number of rotatable bonds is 5. The van der Waals surface area contributed by atoms with E-state index in [2.05, 4.69) is 21.9 Å². The highest BCUT2D eigenvalue weighted by Crippen LogP contribution is 2.27. The van der Waals surface area contributed by atoms with E-state index in [1.165, 1.54) is 6.92 Å². The SMILES string of the molecule is CC(=O)C(C)N1CCN(c2ccc(N3CCN(c4ccc(O)cc4)CC3)cc2)C1=O. The number of nitrogens with zero attached hydrogens (tertiary/aromatic N) is 4. The zero-order valence-corrected chi connectivity index (χ0v) is 17.5. The molecule has 2 aliphatic heterocycles. The number of carbonyl (C=O) groups excluding carboxylic acids is 2. The third-order valence-corrected chi connectivity index (χ3v) is 6.12. The third-order valence-electron chi connectivity index (χ3n) is 6.12. The lowest BCUT2D eigenvalue weighted by Crippen LogP contribution is -2.46. The van der Waals surface area contributed by atoms with Crippen LogP contribution in [0.4, 0.5) is 21.9 Å². The predicted molar refractivity (Wildman–Crippen MR) is 119 cm³/mol. The van der Waals surface area contributed by atoms with Crippen molar-refractivity contribution in [3.63, 3.8) is 0 Å². The quantitative estimate of drug-likeness (QED) is 0.824. The van der Waals surface area contributed by atoms with Gasteiger partial charge in [-0.25, -0.2) is 4.79 Å². The first-order valence-electron chi connectivity index (χ1n) is 10.4. The third kappa shape index (κ3) is 3.92. The van der Waals surface area contributed by atoms with Gasteiger partial charge in [0.25, 0.3) is 0 Å². The molecule has 4 rings (SSSR count). The fraction of sp³-hybridized carbons (Fsp3) is 0.391. The molecule has 0 saturated carbocycles. The van der Waals surface area contributed by atoms with Crippen LogP contribution in [0.2, 0.25) is 0 Å². The molecule has 0 bridgehead atoms. The Morgan fingerprint density at radius 2 is 1.27 bits per heavy atom. The number of phenolic OH excluding ortho intramolecular Hbond substituents is 1. The van der Waals surface area contributed by atoms with Crippen molar-refractivity contribution < 1.29 is 14.7 Å². The maximum Gasteiger partial charge on any atom is 0.325 e. The summed E-state index contributed by atoms with van der Waals surface area (Å²) in [5.41, 5.74) is 3.13. The van der Waals surface area contributed by atoms with Crippen molar-refractivity contribution >= 4 is 28.9 Å². The Labute approximate surface area is 177 Å². The minimum atomic E-state index is -0.383. The van der Waals surface area contributed by atoms with Crippen LogP contribution in [0.25, 0.3) is 0 Å². The summed E-state index contributed by atoms with van der Waals surface area (Å²) < 4.78 is 0. The minimum absolute atomic E-state index is 0.00648. The van der Waals surface area contributed by atoms with Crippen LogP contribution < -0.4 is 14.7 Å². The second-order valence-electron chi connectivity index (χ2n) is 7.92. The van der Waals surface area contributed by atoms with Gasteiger partial charge in [0, 0.05) is 56.3 Å². The Morgan fingerprint density at radius 3 is 1.77 bits per heavy atom. The molecule has 1 unspecified atom stereocenters. The van der Waals surface area contributed by atoms with E-state index in [1.807, 2.05) is 24.3 Å². The molecule has 0 radical (unpaired) electrons. The van der Waals surface area contributed by atoms with Crippen LogP contribution in [0.3, 0.4) is 0 Å². The molecule has 1 atom stereocenters. The summed E-state index contributed by atoms with van der Waals surface area (Å²) in [6.07, 6.45) is 0. The number of phenols is 1. The standard InChI is InChI=1S/C23H28N4O3/c1-17(18(2)28)26-15-16-27(23(26)30)21-5-3-19(4-6-21)24-11-13-25(14-12-24)20-7-9-22(29)10-8-20/h3-10,17,29H,11-16H2,1-2H3. The predicted octanol–water partition coefficient (Wildman–Crippen LogP) is 2.94. The molecule has 2 amide bonds. The van der Waals surface area contributed by atoms with E-state index in [0.29, 0.717) is 13.1 Å². The van der Waals surface area contributed by atoms with E-state index < -0.39 is 0 Å². The Bertz CT molecular complexity index is 905. The summed E-state index contributed by atoms with van der Waals surface area (Å²) >= 11 is 0. The lowest BCUT2D eigenvalue weighted by molar-refractivity contribution is -0.120. The molecule has 2 heterocycles. The number of amides is 2. The van der Waals surface area contributed by atoms with E-state index in [4.69, 9.17) is 0 Å². The van der Waals surface area contributed by atoms with Crippen LogP contribution in [0.15, 0.2) is 48.5 Å². The van der Waals surface area contributed by atoms with Crippen molar-refractivity contribution in [2.45, 2.75) is 19.9 Å². The van der Waals surface area contributed by atoms with Crippen molar-refractivity contribution in [1.29, 1.82) is 0 Å². The largest absolute Gasteiger partial charge is 0.508 e. The molecule has 1 N–H and O–H groups in total. The van der Waals surface area contributed by atoms with Crippen LogP contribution in [-0.4, -0.2) is 67.1 Å². The topological polar surface area (TPSA) is 67.3 Å². The number of carbonyl (C=O) groups is 2. The number of piperazine rings is 1. The normalized spacial score (nSPS) is 18.1. The van der Waals surface area contributed by atoms with Gasteiger partial charge in [0.05, 0.1) is 6.04 Å². The average molecular weight is 409 g/mol. The van der Waals surface area contributed by atoms with Crippen molar-refractivity contribution in [1.82, 2.24) is 4.90 Å². The van der Waals surface area contributed by atoms with Crippen molar-refractivity contribution in [2.24, 2.45) is 0 Å². The molecular weight excluding hydrogens is 380 g/mol. The lowest BCUT2D eigenvalue weighted by atomic mass is 10.2. The van der Waals surface area contributed by atoms with Crippen LogP contribution in [0.5, 0.6) is 5.75 Å². The number of benzene rings is 2. The van der Waals surface area contributed by atoms with Gasteiger partial charge in [-0.1, -0.05) is 0 Å². The molecule has 2 aromatic rings. The molecule has 30 heavy (non-hydrogen) atoms. The zero-order valence-electron chi connectivity index (χ0n) is 17.5. The van der Waals surface area contributed by atoms with E-state index in [1.54, 1.807) is 28.9 Å². The number of hydrogen-bond acceptors (Lipinski definition) is 5. The van der Waals surface area contributed by atoms with Gasteiger partial charge in [0.15, 0.2) is 5.78 Å². The summed E-state index contributed by atoms with van der Waals surface area (Å²) in [6, 6.07) is 15.0. The first-order chi connectivity index (χ1) is 14.4. The van der Waals surface area contributed by atoms with E-state index in [-0.39, 0.29) is 23.6 Å². The smallest absolute Gasteiger partial charge is 0.325 e. The molecule has 2 aliphatic rings. The van der Waals surface area contributed by atoms with Crippen LogP contribution in [0.1, 0.15) is 13.8 Å². The molecule has 7 nitrogen and oxygen atoms in total. The van der Waals surface area contributed by atoms with Gasteiger partial charge in [-0.2, -0.15) is 0 Å². The number of anilines is 3. The second-order valence-corrected chi connectivity index (χ2v) is 7.92. The van der Waals surface area contributed by atoms with Gasteiger partial charge in [-0.05, 0) is 62.4 Å². The first kappa shape index (κ1) is 20.1. The summed E-state index contributed by atoms with van der Waals surface area (Å²) in [7, 11) is 0. The number of ketones is 1. The highest BCUT2D eigenvalue weighted by Gasteiger charge is 2.34. The van der Waals surface area contributed by atoms with E-state index >= 15 is 0 Å². The highest BCUT2D eigenvalue weighted by atomic mass is 16.3. The number of Topliss-reactive ketones (excluding diaryl/α,β-unsaturated/α-hetero) is 1. The maximum absolute atomic E-state index is 12.7. The molecular formula is C23H28N4O3. The van der Waals surface area contributed by atoms with Gasteiger partial charge in [0.2, 0.25) is 0 Å². The van der Waals surface area contributed by atoms with Crippen LogP contribution in [-0.2, 0) is 4.79 Å². The van der Waals surface area contributed by atoms with Gasteiger partial charge in [-0.3, -0.25) is 9.69 Å². The molecule has 158 valence electrons. The number of hydrogen-bond donors (Lipinski definition) is 1. The minimum Gasteiger partial charge on any atom is -0.508 e. The van der Waals surface area contributed by atoms with E-state index in [0.717, 1.165) is 43.2 Å². The van der Waals surface area contributed by atoms with Crippen molar-refractivity contribution in [2.75, 3.05) is 54.0 Å². The Balaban J connectivity index is 1.37. The van der Waals surface area contributed by atoms with Gasteiger partial charge in [0.1, 0.15) is 5.75 Å². The molecule has 2 aromatic carbocycles. The molecule has 2 fully saturated rings. The average Bonchev–Trinajstić information content (AvgIpc) is 3.15. The Hall–Kier alpha value is -3.22. The van der Waals surface area contributed by atoms with E-state index in [9.17, 15) is 14.7 Å². The molecule has 7 heteroatoms. The monoisotopic (exact) mass is 408 g/mol. The Kier molecular flexibility index (Phi) is 5.53. The summed E-state index contributed by atoms with van der Waals surface area (Å²) in [4.78, 5) is 32.4. The molecule has 2 saturated heterocycles. The van der Waals surface area contributed by atoms with Crippen molar-refractivity contribution in [3.05, 3.63) is 48.5 Å². The highest BCUT2D eigenvalue weighted by molar-refractivity contribution is 5.97. The zero-order chi connectivity index (χ0) is 21.3. The Morgan fingerprint density at radius 1 is 0.800 bits per heavy atom. The summed E-state index contributed by atoms with van der Waals surface area (Å²) in [5, 5.41) is 9.46. The first-order valence-corrected chi connectivity index (χ1v) is 10.4. The molecule has 0 spiro atoms. The number of urea groups is 1. The molecule has 0 aliphatic carbocycles. The van der Waals surface area contributed by atoms with Crippen LogP contribution in [0, 0.1) is 0 Å². The fourth-order valence-electron chi connectivity index (χ4n) is 4.10.